The molecule has 3 heterocycles. The molecule has 0 aliphatic carbocycles. The van der Waals surface area contributed by atoms with Gasteiger partial charge in [0.1, 0.15) is 17.9 Å². The summed E-state index contributed by atoms with van der Waals surface area (Å²) >= 11 is 0.951. The zero-order chi connectivity index (χ0) is 25.0. The summed E-state index contributed by atoms with van der Waals surface area (Å²) in [6, 6.07) is 7.03. The molecular weight excluding hydrogens is 489 g/mol. The quantitative estimate of drug-likeness (QED) is 0.530. The number of nitrogens with one attached hydrogen (secondary N) is 1. The van der Waals surface area contributed by atoms with Crippen LogP contribution in [0.25, 0.3) is 0 Å². The number of halogens is 1. The van der Waals surface area contributed by atoms with Crippen molar-refractivity contribution in [2.24, 2.45) is 5.92 Å². The summed E-state index contributed by atoms with van der Waals surface area (Å²) in [7, 11) is -3.85. The zero-order valence-corrected chi connectivity index (χ0v) is 20.9. The van der Waals surface area contributed by atoms with E-state index in [1.54, 1.807) is 25.1 Å². The van der Waals surface area contributed by atoms with Crippen LogP contribution < -0.4 is 9.46 Å². The van der Waals surface area contributed by atoms with Crippen LogP contribution in [0.1, 0.15) is 37.8 Å². The third-order valence-corrected chi connectivity index (χ3v) is 8.32. The van der Waals surface area contributed by atoms with E-state index in [2.05, 4.69) is 31.6 Å². The normalized spacial score (nSPS) is 23.3. The van der Waals surface area contributed by atoms with Crippen molar-refractivity contribution < 1.29 is 17.5 Å². The second-order valence-corrected chi connectivity index (χ2v) is 10.9. The van der Waals surface area contributed by atoms with Gasteiger partial charge in [0.05, 0.1) is 17.6 Å². The Kier molecular flexibility index (Phi) is 7.64. The lowest BCUT2D eigenvalue weighted by Gasteiger charge is -2.44. The number of nitriles is 1. The number of aromatic nitrogens is 2. The highest BCUT2D eigenvalue weighted by atomic mass is 32.2. The van der Waals surface area contributed by atoms with Gasteiger partial charge in [-0.2, -0.15) is 9.64 Å². The molecule has 4 rings (SSSR count). The van der Waals surface area contributed by atoms with Gasteiger partial charge in [0.2, 0.25) is 5.13 Å². The first-order valence-corrected chi connectivity index (χ1v) is 13.5. The van der Waals surface area contributed by atoms with Crippen molar-refractivity contribution in [1.29, 1.82) is 5.26 Å². The van der Waals surface area contributed by atoms with Gasteiger partial charge in [-0.15, -0.1) is 0 Å². The summed E-state index contributed by atoms with van der Waals surface area (Å²) in [4.78, 5) is 6.22. The van der Waals surface area contributed by atoms with Crippen LogP contribution in [-0.2, 0) is 10.0 Å². The molecule has 184 valence electrons. The number of ether oxygens (including phenoxy) is 1. The minimum Gasteiger partial charge on any atom is -0.493 e. The maximum atomic E-state index is 13.7. The number of allylic oxidation sites excluding steroid dienone is 3. The maximum Gasteiger partial charge on any atom is 0.263 e. The summed E-state index contributed by atoms with van der Waals surface area (Å²) in [5, 5.41) is 9.71. The third-order valence-electron chi connectivity index (χ3n) is 6.27. The fourth-order valence-corrected chi connectivity index (χ4v) is 6.16. The van der Waals surface area contributed by atoms with Crippen LogP contribution in [-0.4, -0.2) is 41.9 Å². The third kappa shape index (κ3) is 5.61. The molecule has 11 heteroatoms. The van der Waals surface area contributed by atoms with Crippen LogP contribution in [0.4, 0.5) is 9.52 Å². The summed E-state index contributed by atoms with van der Waals surface area (Å²) in [5.41, 5.74) is 1.61. The van der Waals surface area contributed by atoms with Crippen molar-refractivity contribution in [2.45, 2.75) is 43.2 Å². The smallest absolute Gasteiger partial charge is 0.263 e. The van der Waals surface area contributed by atoms with Crippen LogP contribution in [0.2, 0.25) is 0 Å². The first-order chi connectivity index (χ1) is 16.8. The molecule has 2 aromatic rings. The summed E-state index contributed by atoms with van der Waals surface area (Å²) in [6.07, 6.45) is 7.74. The summed E-state index contributed by atoms with van der Waals surface area (Å²) in [6.45, 7) is 6.89. The average Bonchev–Trinajstić information content (AvgIpc) is 3.38. The topological polar surface area (TPSA) is 108 Å². The molecule has 1 saturated heterocycles. The lowest BCUT2D eigenvalue weighted by molar-refractivity contribution is 0.0735. The van der Waals surface area contributed by atoms with Gasteiger partial charge in [-0.25, -0.2) is 17.8 Å². The molecule has 1 aromatic carbocycles. The van der Waals surface area contributed by atoms with Gasteiger partial charge in [0.15, 0.2) is 0 Å². The molecule has 0 radical (unpaired) electrons. The molecule has 35 heavy (non-hydrogen) atoms. The Balaban J connectivity index is 1.62. The highest BCUT2D eigenvalue weighted by Crippen LogP contribution is 2.42. The van der Waals surface area contributed by atoms with E-state index in [9.17, 15) is 18.1 Å². The van der Waals surface area contributed by atoms with Gasteiger partial charge < -0.3 is 4.74 Å². The van der Waals surface area contributed by atoms with Gasteiger partial charge >= 0.3 is 0 Å². The van der Waals surface area contributed by atoms with E-state index in [0.29, 0.717) is 31.7 Å². The molecule has 1 fully saturated rings. The van der Waals surface area contributed by atoms with Crippen molar-refractivity contribution in [1.82, 2.24) is 14.3 Å². The molecule has 0 spiro atoms. The molecule has 0 saturated carbocycles. The molecule has 0 amide bonds. The van der Waals surface area contributed by atoms with Gasteiger partial charge in [-0.3, -0.25) is 9.62 Å². The number of anilines is 1. The van der Waals surface area contributed by atoms with E-state index >= 15 is 0 Å². The first kappa shape index (κ1) is 25.0. The SMILES string of the molecule is C=C(/C=C\C(F)=C/C)[C@H]1C[C@@H](C#N)CCN1[C@@H]1CCOc2cc(S(=O)(=O)Nc3ncns3)ccc21. The molecule has 2 aliphatic heterocycles. The van der Waals surface area contributed by atoms with E-state index in [1.807, 2.05) is 0 Å². The Morgan fingerprint density at radius 3 is 2.94 bits per heavy atom. The van der Waals surface area contributed by atoms with Crippen LogP contribution in [0, 0.1) is 17.2 Å². The number of nitrogens with zero attached hydrogens (tertiary/aromatic N) is 4. The maximum absolute atomic E-state index is 13.7. The van der Waals surface area contributed by atoms with Crippen molar-refractivity contribution in [3.63, 3.8) is 0 Å². The lowest BCUT2D eigenvalue weighted by atomic mass is 9.85. The minimum atomic E-state index is -3.85. The highest BCUT2D eigenvalue weighted by molar-refractivity contribution is 7.93. The van der Waals surface area contributed by atoms with Gasteiger partial charge in [-0.05, 0) is 37.5 Å². The Bertz CT molecular complexity index is 1280. The van der Waals surface area contributed by atoms with E-state index in [0.717, 1.165) is 29.1 Å². The minimum absolute atomic E-state index is 0.0482. The molecule has 0 unspecified atom stereocenters. The molecule has 1 aromatic heterocycles. The Morgan fingerprint density at radius 1 is 1.40 bits per heavy atom. The molecule has 2 aliphatic rings. The predicted octanol–water partition coefficient (Wildman–Crippen LogP) is 4.75. The van der Waals surface area contributed by atoms with Crippen molar-refractivity contribution in [3.05, 3.63) is 66.3 Å². The lowest BCUT2D eigenvalue weighted by Crippen LogP contribution is -2.46. The Morgan fingerprint density at radius 2 is 2.23 bits per heavy atom. The zero-order valence-electron chi connectivity index (χ0n) is 19.2. The van der Waals surface area contributed by atoms with Gasteiger partial charge in [-0.1, -0.05) is 24.8 Å². The van der Waals surface area contributed by atoms with Crippen LogP contribution in [0.3, 0.4) is 0 Å². The van der Waals surface area contributed by atoms with E-state index in [4.69, 9.17) is 4.74 Å². The van der Waals surface area contributed by atoms with Gasteiger partial charge in [0, 0.05) is 54.1 Å². The largest absolute Gasteiger partial charge is 0.493 e. The van der Waals surface area contributed by atoms with E-state index < -0.39 is 10.0 Å². The second-order valence-electron chi connectivity index (χ2n) is 8.39. The number of hydrogen-bond acceptors (Lipinski definition) is 8. The van der Waals surface area contributed by atoms with Gasteiger partial charge in [0.25, 0.3) is 10.0 Å². The van der Waals surface area contributed by atoms with Crippen LogP contribution >= 0.6 is 11.5 Å². The fraction of sp³-hybridized carbons (Fsp3) is 0.375. The average molecular weight is 516 g/mol. The number of rotatable bonds is 7. The van der Waals surface area contributed by atoms with E-state index in [1.165, 1.54) is 24.5 Å². The number of piperidine rings is 1. The van der Waals surface area contributed by atoms with E-state index in [-0.39, 0.29) is 33.9 Å². The fourth-order valence-electron chi connectivity index (χ4n) is 4.49. The predicted molar refractivity (Wildman–Crippen MR) is 132 cm³/mol. The van der Waals surface area contributed by atoms with Crippen LogP contribution in [0.15, 0.2) is 65.6 Å². The molecule has 1 N–H and O–H groups in total. The molecule has 3 atom stereocenters. The first-order valence-electron chi connectivity index (χ1n) is 11.2. The van der Waals surface area contributed by atoms with Crippen molar-refractivity contribution >= 4 is 26.7 Å². The monoisotopic (exact) mass is 515 g/mol. The number of fused-ring (bicyclic) bond motifs is 1. The molecule has 0 bridgehead atoms. The molecule has 8 nitrogen and oxygen atoms in total. The Hall–Kier alpha value is -3.07. The standard InChI is InChI=1S/C24H26FN5O3S2/c1-3-18(25)5-4-16(2)22-12-17(14-26)8-10-30(22)21-9-11-33-23-13-19(6-7-20(21)23)35(31,32)29-24-27-15-28-34-24/h3-7,13,15,17,21-22H,2,8-12H2,1H3,(H,27,28,29)/b5-4-,18-3+/t17-,21+,22+/m0/s1. The second kappa shape index (κ2) is 10.7. The molecular formula is C24H26FN5O3S2. The number of hydrogen-bond donors (Lipinski definition) is 1. The number of likely N-dealkylation sites (tertiary alicyclic amines) is 1. The van der Waals surface area contributed by atoms with Crippen molar-refractivity contribution in [2.75, 3.05) is 17.9 Å². The van der Waals surface area contributed by atoms with Crippen LogP contribution in [0.5, 0.6) is 5.75 Å². The number of sulfonamides is 1. The summed E-state index contributed by atoms with van der Waals surface area (Å²) in [5.74, 6) is 0.0486. The number of benzene rings is 1. The van der Waals surface area contributed by atoms with Crippen molar-refractivity contribution in [3.8, 4) is 11.8 Å². The Labute approximate surface area is 208 Å². The summed E-state index contributed by atoms with van der Waals surface area (Å²) < 4.78 is 51.4. The highest BCUT2D eigenvalue weighted by Gasteiger charge is 2.37.